The van der Waals surface area contributed by atoms with E-state index in [-0.39, 0.29) is 6.61 Å². The third kappa shape index (κ3) is 18.3. The number of allylic oxidation sites excluding steroid dienone is 3. The molecule has 0 unspecified atom stereocenters. The van der Waals surface area contributed by atoms with Crippen LogP contribution in [0.5, 0.6) is 0 Å². The molecular weight excluding hydrogens is 160 g/mol. The van der Waals surface area contributed by atoms with Gasteiger partial charge < -0.3 is 5.11 Å². The van der Waals surface area contributed by atoms with E-state index < -0.39 is 0 Å². The van der Waals surface area contributed by atoms with Crippen LogP contribution < -0.4 is 0 Å². The lowest BCUT2D eigenvalue weighted by Gasteiger charge is -1.90. The van der Waals surface area contributed by atoms with E-state index in [9.17, 15) is 0 Å². The number of hydrogen-bond donors (Lipinski definition) is 1. The molecule has 0 fully saturated rings. The summed E-state index contributed by atoms with van der Waals surface area (Å²) in [6.45, 7) is 13.5. The van der Waals surface area contributed by atoms with E-state index >= 15 is 0 Å². The van der Waals surface area contributed by atoms with Crippen LogP contribution >= 0.6 is 0 Å². The van der Waals surface area contributed by atoms with Crippen LogP contribution in [0, 0.1) is 0 Å². The van der Waals surface area contributed by atoms with Crippen molar-refractivity contribution in [2.24, 2.45) is 0 Å². The van der Waals surface area contributed by atoms with Gasteiger partial charge in [-0.3, -0.25) is 0 Å². The summed E-state index contributed by atoms with van der Waals surface area (Å²) in [5, 5.41) is 8.62. The van der Waals surface area contributed by atoms with Crippen LogP contribution in [0.1, 0.15) is 34.6 Å². The molecule has 0 aliphatic heterocycles. The second-order valence-electron chi connectivity index (χ2n) is 1.64. The van der Waals surface area contributed by atoms with Gasteiger partial charge in [0.1, 0.15) is 0 Å². The standard InChI is InChI=1S/C8H12O.2C2H6/c1-3-5-8(7-9)6-4-2;2*1-2/h3-6,9H,1,7H2,2H3;2*1-2H3/b6-4-,8-5+;;. The molecule has 1 N–H and O–H groups in total. The summed E-state index contributed by atoms with van der Waals surface area (Å²) in [5.74, 6) is 0. The van der Waals surface area contributed by atoms with Crippen LogP contribution in [-0.2, 0) is 0 Å². The maximum absolute atomic E-state index is 8.62. The van der Waals surface area contributed by atoms with E-state index in [2.05, 4.69) is 6.58 Å². The minimum atomic E-state index is 0.0797. The van der Waals surface area contributed by atoms with Gasteiger partial charge in [-0.1, -0.05) is 58.6 Å². The van der Waals surface area contributed by atoms with Crippen molar-refractivity contribution in [3.05, 3.63) is 36.5 Å². The van der Waals surface area contributed by atoms with Gasteiger partial charge in [0, 0.05) is 0 Å². The van der Waals surface area contributed by atoms with E-state index in [1.165, 1.54) is 0 Å². The first-order chi connectivity index (χ1) is 6.35. The fourth-order valence-electron chi connectivity index (χ4n) is 0.526. The molecule has 0 rings (SSSR count). The minimum Gasteiger partial charge on any atom is -0.392 e. The van der Waals surface area contributed by atoms with Crippen molar-refractivity contribution >= 4 is 0 Å². The second-order valence-corrected chi connectivity index (χ2v) is 1.64. The van der Waals surface area contributed by atoms with Gasteiger partial charge in [0.25, 0.3) is 0 Å². The summed E-state index contributed by atoms with van der Waals surface area (Å²) in [5.41, 5.74) is 0.882. The number of hydrogen-bond acceptors (Lipinski definition) is 1. The van der Waals surface area contributed by atoms with Crippen LogP contribution in [0.25, 0.3) is 0 Å². The molecule has 0 aromatic carbocycles. The van der Waals surface area contributed by atoms with Crippen molar-refractivity contribution in [1.82, 2.24) is 0 Å². The molecular formula is C12H24O. The Morgan fingerprint density at radius 2 is 1.69 bits per heavy atom. The molecule has 1 nitrogen and oxygen atoms in total. The quantitative estimate of drug-likeness (QED) is 0.663. The third-order valence-electron chi connectivity index (χ3n) is 0.895. The van der Waals surface area contributed by atoms with Crippen LogP contribution in [0.3, 0.4) is 0 Å². The maximum atomic E-state index is 8.62. The zero-order valence-corrected chi connectivity index (χ0v) is 9.67. The van der Waals surface area contributed by atoms with Crippen LogP contribution in [0.15, 0.2) is 36.5 Å². The highest BCUT2D eigenvalue weighted by Crippen LogP contribution is 1.94. The zero-order chi connectivity index (χ0) is 11.1. The molecule has 0 radical (unpaired) electrons. The summed E-state index contributed by atoms with van der Waals surface area (Å²) in [4.78, 5) is 0. The largest absolute Gasteiger partial charge is 0.392 e. The molecule has 0 heterocycles. The van der Waals surface area contributed by atoms with E-state index in [0.717, 1.165) is 5.57 Å². The summed E-state index contributed by atoms with van der Waals surface area (Å²) in [7, 11) is 0. The average molecular weight is 184 g/mol. The Kier molecular flexibility index (Phi) is 31.2. The van der Waals surface area contributed by atoms with Crippen LogP contribution in [0.4, 0.5) is 0 Å². The second kappa shape index (κ2) is 22.5. The normalized spacial score (nSPS) is 9.54. The van der Waals surface area contributed by atoms with Gasteiger partial charge in [-0.2, -0.15) is 0 Å². The fraction of sp³-hybridized carbons (Fsp3) is 0.500. The summed E-state index contributed by atoms with van der Waals surface area (Å²) in [6.07, 6.45) is 7.17. The average Bonchev–Trinajstić information content (AvgIpc) is 2.23. The first-order valence-electron chi connectivity index (χ1n) is 4.90. The third-order valence-corrected chi connectivity index (χ3v) is 0.895. The lowest BCUT2D eigenvalue weighted by atomic mass is 10.2. The monoisotopic (exact) mass is 184 g/mol. The molecule has 13 heavy (non-hydrogen) atoms. The Balaban J connectivity index is -0.000000218. The summed E-state index contributed by atoms with van der Waals surface area (Å²) < 4.78 is 0. The first kappa shape index (κ1) is 18.1. The van der Waals surface area contributed by atoms with Crippen molar-refractivity contribution in [1.29, 1.82) is 0 Å². The first-order valence-corrected chi connectivity index (χ1v) is 4.90. The van der Waals surface area contributed by atoms with Crippen molar-refractivity contribution in [3.63, 3.8) is 0 Å². The van der Waals surface area contributed by atoms with Gasteiger partial charge in [0.05, 0.1) is 6.61 Å². The Hall–Kier alpha value is -0.820. The lowest BCUT2D eigenvalue weighted by molar-refractivity contribution is 0.335. The molecule has 0 aliphatic carbocycles. The van der Waals surface area contributed by atoms with E-state index in [1.807, 2.05) is 46.8 Å². The Labute approximate surface area is 83.5 Å². The van der Waals surface area contributed by atoms with Gasteiger partial charge in [-0.15, -0.1) is 0 Å². The summed E-state index contributed by atoms with van der Waals surface area (Å²) >= 11 is 0. The van der Waals surface area contributed by atoms with Crippen molar-refractivity contribution in [2.45, 2.75) is 34.6 Å². The van der Waals surface area contributed by atoms with Gasteiger partial charge in [-0.25, -0.2) is 0 Å². The molecule has 78 valence electrons. The van der Waals surface area contributed by atoms with Crippen molar-refractivity contribution in [3.8, 4) is 0 Å². The smallest absolute Gasteiger partial charge is 0.0681 e. The van der Waals surface area contributed by atoms with Gasteiger partial charge in [-0.05, 0) is 12.5 Å². The molecule has 0 aromatic rings. The molecule has 0 aliphatic rings. The van der Waals surface area contributed by atoms with E-state index in [4.69, 9.17) is 5.11 Å². The van der Waals surface area contributed by atoms with Crippen molar-refractivity contribution in [2.75, 3.05) is 6.61 Å². The van der Waals surface area contributed by atoms with Gasteiger partial charge in [0.15, 0.2) is 0 Å². The predicted molar refractivity (Wildman–Crippen MR) is 62.9 cm³/mol. The molecule has 0 aromatic heterocycles. The summed E-state index contributed by atoms with van der Waals surface area (Å²) in [6, 6.07) is 0. The number of rotatable bonds is 3. The molecule has 1 heteroatoms. The molecule has 0 amide bonds. The van der Waals surface area contributed by atoms with Gasteiger partial charge in [0.2, 0.25) is 0 Å². The number of aliphatic hydroxyl groups is 1. The zero-order valence-electron chi connectivity index (χ0n) is 9.67. The SMILES string of the molecule is C=C/C=C(\C=C/C)CO.CC.CC. The molecule has 0 saturated carbocycles. The predicted octanol–water partition coefficient (Wildman–Crippen LogP) is 3.72. The van der Waals surface area contributed by atoms with Crippen molar-refractivity contribution < 1.29 is 5.11 Å². The molecule has 0 spiro atoms. The lowest BCUT2D eigenvalue weighted by Crippen LogP contribution is -1.83. The highest BCUT2D eigenvalue weighted by Gasteiger charge is 1.82. The Morgan fingerprint density at radius 1 is 1.23 bits per heavy atom. The molecule has 0 saturated heterocycles. The van der Waals surface area contributed by atoms with E-state index in [0.29, 0.717) is 0 Å². The fourth-order valence-corrected chi connectivity index (χ4v) is 0.526. The Morgan fingerprint density at radius 3 is 1.92 bits per heavy atom. The highest BCUT2D eigenvalue weighted by molar-refractivity contribution is 5.22. The number of aliphatic hydroxyl groups excluding tert-OH is 1. The van der Waals surface area contributed by atoms with Crippen LogP contribution in [-0.4, -0.2) is 11.7 Å². The van der Waals surface area contributed by atoms with Gasteiger partial charge >= 0.3 is 0 Å². The molecule has 0 atom stereocenters. The highest BCUT2D eigenvalue weighted by atomic mass is 16.3. The maximum Gasteiger partial charge on any atom is 0.0681 e. The Bertz CT molecular complexity index is 132. The van der Waals surface area contributed by atoms with Crippen LogP contribution in [0.2, 0.25) is 0 Å². The topological polar surface area (TPSA) is 20.2 Å². The van der Waals surface area contributed by atoms with E-state index in [1.54, 1.807) is 12.2 Å². The minimum absolute atomic E-state index is 0.0797. The molecule has 0 bridgehead atoms.